The van der Waals surface area contributed by atoms with Crippen LogP contribution < -0.4 is 10.6 Å². The molecule has 2 amide bonds. The molecule has 0 aliphatic carbocycles. The minimum Gasteiger partial charge on any atom is -0.391 e. The summed E-state index contributed by atoms with van der Waals surface area (Å²) in [5.74, 6) is 0.0739. The number of piperazine rings is 1. The topological polar surface area (TPSA) is 135 Å². The zero-order valence-corrected chi connectivity index (χ0v) is 21.3. The van der Waals surface area contributed by atoms with Gasteiger partial charge in [-0.05, 0) is 39.0 Å². The Morgan fingerprint density at radius 2 is 1.97 bits per heavy atom. The highest BCUT2D eigenvalue weighted by Gasteiger charge is 2.43. The van der Waals surface area contributed by atoms with Crippen LogP contribution in [-0.2, 0) is 16.1 Å². The quantitative estimate of drug-likeness (QED) is 0.427. The van der Waals surface area contributed by atoms with Gasteiger partial charge < -0.3 is 20.6 Å². The van der Waals surface area contributed by atoms with Gasteiger partial charge in [-0.3, -0.25) is 14.3 Å². The highest BCUT2D eigenvalue weighted by atomic mass is 16.3. The molecule has 0 unspecified atom stereocenters. The Labute approximate surface area is 214 Å². The van der Waals surface area contributed by atoms with Crippen LogP contribution in [0, 0.1) is 0 Å². The molecule has 11 heteroatoms. The van der Waals surface area contributed by atoms with Gasteiger partial charge in [0.1, 0.15) is 17.4 Å². The monoisotopic (exact) mass is 502 g/mol. The van der Waals surface area contributed by atoms with Gasteiger partial charge in [0.2, 0.25) is 5.91 Å². The van der Waals surface area contributed by atoms with E-state index in [0.717, 1.165) is 28.1 Å². The second kappa shape index (κ2) is 9.00. The van der Waals surface area contributed by atoms with Crippen molar-refractivity contribution in [3.05, 3.63) is 49.1 Å². The molecule has 4 heterocycles. The van der Waals surface area contributed by atoms with Crippen molar-refractivity contribution in [3.63, 3.8) is 0 Å². The predicted octanol–water partition coefficient (Wildman–Crippen LogP) is 2.20. The fourth-order valence-corrected chi connectivity index (χ4v) is 5.02. The van der Waals surface area contributed by atoms with Crippen LogP contribution in [0.1, 0.15) is 27.7 Å². The van der Waals surface area contributed by atoms with E-state index >= 15 is 0 Å². The number of nitrogens with zero attached hydrogens (tertiary/aromatic N) is 7. The number of anilines is 2. The molecule has 5 rings (SSSR count). The van der Waals surface area contributed by atoms with E-state index in [1.807, 2.05) is 36.5 Å². The normalized spacial score (nSPS) is 16.4. The molecule has 0 spiro atoms. The number of benzene rings is 1. The molecule has 3 N–H and O–H groups in total. The minimum absolute atomic E-state index is 0.118. The predicted molar refractivity (Wildman–Crippen MR) is 140 cm³/mol. The number of carbonyl (C=O) groups is 2. The van der Waals surface area contributed by atoms with Gasteiger partial charge in [-0.2, -0.15) is 10.2 Å². The third-order valence-corrected chi connectivity index (χ3v) is 6.80. The Hall–Kier alpha value is -4.25. The van der Waals surface area contributed by atoms with Crippen LogP contribution in [0.2, 0.25) is 0 Å². The van der Waals surface area contributed by atoms with Gasteiger partial charge in [-0.1, -0.05) is 12.1 Å². The summed E-state index contributed by atoms with van der Waals surface area (Å²) in [6.07, 6.45) is 4.45. The maximum atomic E-state index is 13.4. The molecule has 11 nitrogen and oxygen atoms in total. The number of nitrogens with two attached hydrogens (primary N) is 1. The van der Waals surface area contributed by atoms with Gasteiger partial charge in [0.05, 0.1) is 24.5 Å². The standard InChI is InChI=1S/C26H30N8O3/c1-16(35)13-31-14-19(12-29-31)21-11-22(34-23(21)24(27)28-15-30-34)18-6-5-7-20(10-18)32-8-9-33(17(2)36)26(3,4)25(32)37/h5-7,10-12,14-16,35H,8-9,13H2,1-4H3,(H2,27,28,30)/t16-/m0/s1. The van der Waals surface area contributed by atoms with Crippen molar-refractivity contribution in [2.75, 3.05) is 23.7 Å². The van der Waals surface area contributed by atoms with E-state index < -0.39 is 11.6 Å². The van der Waals surface area contributed by atoms with Crippen LogP contribution in [-0.4, -0.2) is 70.9 Å². The second-order valence-corrected chi connectivity index (χ2v) is 9.89. The van der Waals surface area contributed by atoms with Gasteiger partial charge in [0, 0.05) is 48.6 Å². The summed E-state index contributed by atoms with van der Waals surface area (Å²) in [5.41, 5.74) is 9.97. The molecule has 0 radical (unpaired) electrons. The largest absolute Gasteiger partial charge is 0.391 e. The number of rotatable bonds is 5. The molecule has 4 aromatic rings. The summed E-state index contributed by atoms with van der Waals surface area (Å²) < 4.78 is 3.42. The van der Waals surface area contributed by atoms with Gasteiger partial charge in [0.25, 0.3) is 5.91 Å². The number of hydrogen-bond acceptors (Lipinski definition) is 7. The Balaban J connectivity index is 1.57. The maximum Gasteiger partial charge on any atom is 0.252 e. The zero-order valence-electron chi connectivity index (χ0n) is 21.3. The minimum atomic E-state index is -0.942. The lowest BCUT2D eigenvalue weighted by Crippen LogP contribution is -2.64. The summed E-state index contributed by atoms with van der Waals surface area (Å²) in [6.45, 7) is 7.97. The number of hydrogen-bond donors (Lipinski definition) is 2. The summed E-state index contributed by atoms with van der Waals surface area (Å²) in [7, 11) is 0. The molecule has 3 aromatic heterocycles. The number of aromatic nitrogens is 5. The maximum absolute atomic E-state index is 13.4. The van der Waals surface area contributed by atoms with E-state index in [-0.39, 0.29) is 11.8 Å². The molecule has 1 aliphatic heterocycles. The molecule has 0 saturated carbocycles. The number of fused-ring (bicyclic) bond motifs is 1. The highest BCUT2D eigenvalue weighted by molar-refractivity contribution is 6.03. The average molecular weight is 503 g/mol. The Morgan fingerprint density at radius 1 is 1.19 bits per heavy atom. The zero-order chi connectivity index (χ0) is 26.5. The smallest absolute Gasteiger partial charge is 0.252 e. The van der Waals surface area contributed by atoms with Crippen LogP contribution in [0.4, 0.5) is 11.5 Å². The van der Waals surface area contributed by atoms with Crippen LogP contribution >= 0.6 is 0 Å². The second-order valence-electron chi connectivity index (χ2n) is 9.89. The SMILES string of the molecule is CC(=O)N1CCN(c2cccc(-c3cc(-c4cnn(C[C@H](C)O)c4)c4c(N)ncnn34)c2)C(=O)C1(C)C. The average Bonchev–Trinajstić information content (AvgIpc) is 3.45. The first kappa shape index (κ1) is 24.4. The first-order valence-corrected chi connectivity index (χ1v) is 12.1. The van der Waals surface area contributed by atoms with E-state index in [4.69, 9.17) is 5.73 Å². The molecule has 1 saturated heterocycles. The number of aliphatic hydroxyl groups excluding tert-OH is 1. The molecule has 1 aliphatic rings. The van der Waals surface area contributed by atoms with E-state index in [1.165, 1.54) is 13.3 Å². The van der Waals surface area contributed by atoms with Crippen molar-refractivity contribution < 1.29 is 14.7 Å². The van der Waals surface area contributed by atoms with Crippen molar-refractivity contribution >= 4 is 28.8 Å². The van der Waals surface area contributed by atoms with Gasteiger partial charge in [-0.25, -0.2) is 9.50 Å². The number of amides is 2. The van der Waals surface area contributed by atoms with E-state index in [0.29, 0.717) is 31.0 Å². The Morgan fingerprint density at radius 3 is 2.70 bits per heavy atom. The number of nitrogen functional groups attached to an aromatic ring is 1. The molecular weight excluding hydrogens is 472 g/mol. The molecule has 192 valence electrons. The van der Waals surface area contributed by atoms with Crippen LogP contribution in [0.15, 0.2) is 49.1 Å². The summed E-state index contributed by atoms with van der Waals surface area (Å²) in [4.78, 5) is 33.0. The van der Waals surface area contributed by atoms with Gasteiger partial charge in [-0.15, -0.1) is 0 Å². The van der Waals surface area contributed by atoms with Crippen molar-refractivity contribution in [3.8, 4) is 22.4 Å². The van der Waals surface area contributed by atoms with Crippen molar-refractivity contribution in [1.82, 2.24) is 29.3 Å². The molecule has 1 atom stereocenters. The van der Waals surface area contributed by atoms with Gasteiger partial charge >= 0.3 is 0 Å². The fourth-order valence-electron chi connectivity index (χ4n) is 5.02. The van der Waals surface area contributed by atoms with Crippen LogP contribution in [0.5, 0.6) is 0 Å². The summed E-state index contributed by atoms with van der Waals surface area (Å²) in [6, 6.07) is 9.65. The van der Waals surface area contributed by atoms with Crippen LogP contribution in [0.25, 0.3) is 27.9 Å². The third-order valence-electron chi connectivity index (χ3n) is 6.80. The lowest BCUT2D eigenvalue weighted by atomic mass is 9.96. The molecule has 1 fully saturated rings. The van der Waals surface area contributed by atoms with E-state index in [9.17, 15) is 14.7 Å². The molecule has 37 heavy (non-hydrogen) atoms. The molecular formula is C26H30N8O3. The van der Waals surface area contributed by atoms with Gasteiger partial charge in [0.15, 0.2) is 5.82 Å². The fraction of sp³-hybridized carbons (Fsp3) is 0.346. The molecule has 0 bridgehead atoms. The third kappa shape index (κ3) is 4.20. The van der Waals surface area contributed by atoms with Crippen molar-refractivity contribution in [2.24, 2.45) is 0 Å². The van der Waals surface area contributed by atoms with Crippen LogP contribution in [0.3, 0.4) is 0 Å². The Bertz CT molecular complexity index is 1500. The van der Waals surface area contributed by atoms with Crippen molar-refractivity contribution in [2.45, 2.75) is 45.9 Å². The number of carbonyl (C=O) groups excluding carboxylic acids is 2. The Kier molecular flexibility index (Phi) is 5.95. The highest BCUT2D eigenvalue weighted by Crippen LogP contribution is 2.36. The first-order chi connectivity index (χ1) is 17.6. The van der Waals surface area contributed by atoms with E-state index in [1.54, 1.807) is 46.0 Å². The summed E-state index contributed by atoms with van der Waals surface area (Å²) >= 11 is 0. The number of aliphatic hydroxyl groups is 1. The van der Waals surface area contributed by atoms with E-state index in [2.05, 4.69) is 15.2 Å². The molecule has 1 aromatic carbocycles. The lowest BCUT2D eigenvalue weighted by molar-refractivity contribution is -0.145. The van der Waals surface area contributed by atoms with Crippen molar-refractivity contribution in [1.29, 1.82) is 0 Å². The first-order valence-electron chi connectivity index (χ1n) is 12.1. The summed E-state index contributed by atoms with van der Waals surface area (Å²) in [5, 5.41) is 18.6. The lowest BCUT2D eigenvalue weighted by Gasteiger charge is -2.45.